The monoisotopic (exact) mass is 220 g/mol. The van der Waals surface area contributed by atoms with Crippen molar-refractivity contribution in [2.45, 2.75) is 0 Å². The summed E-state index contributed by atoms with van der Waals surface area (Å²) in [6.45, 7) is 0. The van der Waals surface area contributed by atoms with E-state index in [2.05, 4.69) is 4.98 Å². The summed E-state index contributed by atoms with van der Waals surface area (Å²) in [7, 11) is 0. The van der Waals surface area contributed by atoms with Crippen LogP contribution in [-0.4, -0.2) is 4.98 Å². The van der Waals surface area contributed by atoms with Crippen LogP contribution in [0, 0.1) is 0 Å². The lowest BCUT2D eigenvalue weighted by Gasteiger charge is -2.16. The molecule has 0 amide bonds. The van der Waals surface area contributed by atoms with Gasteiger partial charge < -0.3 is 5.11 Å². The molecule has 0 aliphatic rings. The second-order valence-electron chi connectivity index (χ2n) is 3.88. The lowest BCUT2D eigenvalue weighted by molar-refractivity contribution is -0.264. The van der Waals surface area contributed by atoms with Crippen LogP contribution >= 0.6 is 0 Å². The third kappa shape index (κ3) is 1.64. The quantitative estimate of drug-likeness (QED) is 0.632. The van der Waals surface area contributed by atoms with Gasteiger partial charge in [-0.2, -0.15) is 0 Å². The molecule has 0 atom stereocenters. The Morgan fingerprint density at radius 2 is 1.65 bits per heavy atom. The standard InChI is InChI=1S/C15H11NO/c17-15-12-6-2-1-5-11(12)8-9-13(15)14-7-3-4-10-16-14/h1-10,17H/p-1. The van der Waals surface area contributed by atoms with Crippen molar-refractivity contribution in [3.8, 4) is 17.0 Å². The highest BCUT2D eigenvalue weighted by Gasteiger charge is 2.02. The van der Waals surface area contributed by atoms with E-state index in [-0.39, 0.29) is 5.75 Å². The fraction of sp³-hybridized carbons (Fsp3) is 0. The van der Waals surface area contributed by atoms with Gasteiger partial charge >= 0.3 is 0 Å². The van der Waals surface area contributed by atoms with E-state index in [0.29, 0.717) is 5.56 Å². The number of fused-ring (bicyclic) bond motifs is 1. The van der Waals surface area contributed by atoms with E-state index in [1.807, 2.05) is 54.6 Å². The van der Waals surface area contributed by atoms with Crippen LogP contribution < -0.4 is 5.11 Å². The van der Waals surface area contributed by atoms with Gasteiger partial charge in [0.2, 0.25) is 0 Å². The number of hydrogen-bond donors (Lipinski definition) is 0. The Labute approximate surface area is 99.2 Å². The van der Waals surface area contributed by atoms with Gasteiger partial charge in [-0.15, -0.1) is 0 Å². The zero-order valence-corrected chi connectivity index (χ0v) is 9.13. The maximum Gasteiger partial charge on any atom is 0.0696 e. The third-order valence-corrected chi connectivity index (χ3v) is 2.82. The van der Waals surface area contributed by atoms with Crippen LogP contribution in [-0.2, 0) is 0 Å². The van der Waals surface area contributed by atoms with Crippen LogP contribution in [0.3, 0.4) is 0 Å². The number of hydrogen-bond acceptors (Lipinski definition) is 2. The molecule has 0 saturated carbocycles. The molecule has 1 aromatic heterocycles. The summed E-state index contributed by atoms with van der Waals surface area (Å²) in [5.74, 6) is 0.0433. The van der Waals surface area contributed by atoms with Crippen molar-refractivity contribution < 1.29 is 5.11 Å². The first kappa shape index (κ1) is 9.85. The minimum atomic E-state index is 0.0433. The molecule has 82 valence electrons. The van der Waals surface area contributed by atoms with Crippen molar-refractivity contribution in [2.24, 2.45) is 0 Å². The summed E-state index contributed by atoms with van der Waals surface area (Å²) in [5.41, 5.74) is 1.38. The SMILES string of the molecule is [O-]c1c(-c2ccccn2)ccc2ccccc12. The Kier molecular flexibility index (Phi) is 2.26. The maximum absolute atomic E-state index is 12.3. The highest BCUT2D eigenvalue weighted by Crippen LogP contribution is 2.32. The van der Waals surface area contributed by atoms with E-state index in [0.717, 1.165) is 16.5 Å². The van der Waals surface area contributed by atoms with Crippen LogP contribution in [0.4, 0.5) is 0 Å². The number of aromatic nitrogens is 1. The molecule has 3 aromatic rings. The summed E-state index contributed by atoms with van der Waals surface area (Å²) in [5, 5.41) is 14.0. The highest BCUT2D eigenvalue weighted by molar-refractivity contribution is 5.93. The first-order chi connectivity index (χ1) is 8.36. The van der Waals surface area contributed by atoms with E-state index in [1.165, 1.54) is 0 Å². The molecule has 2 heteroatoms. The molecule has 0 bridgehead atoms. The third-order valence-electron chi connectivity index (χ3n) is 2.82. The van der Waals surface area contributed by atoms with Crippen molar-refractivity contribution in [2.75, 3.05) is 0 Å². The lowest BCUT2D eigenvalue weighted by atomic mass is 10.0. The van der Waals surface area contributed by atoms with Crippen molar-refractivity contribution >= 4 is 10.8 Å². The topological polar surface area (TPSA) is 36.0 Å². The van der Waals surface area contributed by atoms with Gasteiger partial charge in [-0.05, 0) is 28.5 Å². The van der Waals surface area contributed by atoms with Gasteiger partial charge in [0.15, 0.2) is 0 Å². The second-order valence-corrected chi connectivity index (χ2v) is 3.88. The number of nitrogens with zero attached hydrogens (tertiary/aromatic N) is 1. The summed E-state index contributed by atoms with van der Waals surface area (Å²) in [6.07, 6.45) is 1.70. The lowest BCUT2D eigenvalue weighted by Crippen LogP contribution is -1.95. The summed E-state index contributed by atoms with van der Waals surface area (Å²) >= 11 is 0. The molecule has 0 fully saturated rings. The van der Waals surface area contributed by atoms with E-state index >= 15 is 0 Å². The first-order valence-electron chi connectivity index (χ1n) is 5.46. The molecule has 0 aliphatic heterocycles. The van der Waals surface area contributed by atoms with Gasteiger partial charge in [-0.1, -0.05) is 48.2 Å². The van der Waals surface area contributed by atoms with Gasteiger partial charge in [0.05, 0.1) is 5.69 Å². The minimum Gasteiger partial charge on any atom is -0.872 e. The smallest absolute Gasteiger partial charge is 0.0696 e. The molecule has 0 radical (unpaired) electrons. The predicted octanol–water partition coefficient (Wildman–Crippen LogP) is 2.98. The fourth-order valence-corrected chi connectivity index (χ4v) is 1.97. The normalized spacial score (nSPS) is 10.6. The largest absolute Gasteiger partial charge is 0.872 e. The summed E-state index contributed by atoms with van der Waals surface area (Å²) < 4.78 is 0. The molecule has 0 spiro atoms. The molecule has 2 nitrogen and oxygen atoms in total. The van der Waals surface area contributed by atoms with Crippen LogP contribution in [0.5, 0.6) is 5.75 Å². The van der Waals surface area contributed by atoms with E-state index in [1.54, 1.807) is 6.20 Å². The molecule has 17 heavy (non-hydrogen) atoms. The predicted molar refractivity (Wildman–Crippen MR) is 66.6 cm³/mol. The zero-order valence-electron chi connectivity index (χ0n) is 9.13. The molecule has 1 heterocycles. The number of benzene rings is 2. The van der Waals surface area contributed by atoms with Crippen LogP contribution in [0.25, 0.3) is 22.0 Å². The molecule has 0 unspecified atom stereocenters. The van der Waals surface area contributed by atoms with Crippen LogP contribution in [0.15, 0.2) is 60.8 Å². The first-order valence-corrected chi connectivity index (χ1v) is 5.46. The average molecular weight is 220 g/mol. The molecule has 3 rings (SSSR count). The van der Waals surface area contributed by atoms with Gasteiger partial charge in [-0.3, -0.25) is 4.98 Å². The van der Waals surface area contributed by atoms with Crippen molar-refractivity contribution in [3.63, 3.8) is 0 Å². The molecule has 0 N–H and O–H groups in total. The van der Waals surface area contributed by atoms with E-state index < -0.39 is 0 Å². The molecule has 0 aliphatic carbocycles. The molecule has 2 aromatic carbocycles. The maximum atomic E-state index is 12.3. The van der Waals surface area contributed by atoms with Crippen molar-refractivity contribution in [3.05, 3.63) is 60.8 Å². The van der Waals surface area contributed by atoms with Crippen molar-refractivity contribution in [1.82, 2.24) is 4.98 Å². The Bertz CT molecular complexity index is 662. The van der Waals surface area contributed by atoms with Crippen LogP contribution in [0.1, 0.15) is 0 Å². The van der Waals surface area contributed by atoms with E-state index in [4.69, 9.17) is 0 Å². The zero-order chi connectivity index (χ0) is 11.7. The minimum absolute atomic E-state index is 0.0433. The van der Waals surface area contributed by atoms with Gasteiger partial charge in [0, 0.05) is 6.20 Å². The highest BCUT2D eigenvalue weighted by atomic mass is 16.3. The van der Waals surface area contributed by atoms with E-state index in [9.17, 15) is 5.11 Å². The number of pyridine rings is 1. The molecular weight excluding hydrogens is 210 g/mol. The molecular formula is C15H10NO-. The average Bonchev–Trinajstić information content (AvgIpc) is 2.40. The Morgan fingerprint density at radius 1 is 0.824 bits per heavy atom. The van der Waals surface area contributed by atoms with Gasteiger partial charge in [0.1, 0.15) is 0 Å². The fourth-order valence-electron chi connectivity index (χ4n) is 1.97. The number of rotatable bonds is 1. The molecule has 0 saturated heterocycles. The van der Waals surface area contributed by atoms with Crippen molar-refractivity contribution in [1.29, 1.82) is 0 Å². The summed E-state index contributed by atoms with van der Waals surface area (Å²) in [6, 6.07) is 17.0. The van der Waals surface area contributed by atoms with Crippen LogP contribution in [0.2, 0.25) is 0 Å². The Morgan fingerprint density at radius 3 is 2.47 bits per heavy atom. The van der Waals surface area contributed by atoms with Gasteiger partial charge in [0.25, 0.3) is 0 Å². The van der Waals surface area contributed by atoms with Gasteiger partial charge in [-0.25, -0.2) is 0 Å². The second kappa shape index (κ2) is 3.91. The Balaban J connectivity index is 2.29. The summed E-state index contributed by atoms with van der Waals surface area (Å²) in [4.78, 5) is 4.22. The Hall–Kier alpha value is -2.35.